The van der Waals surface area contributed by atoms with Crippen LogP contribution in [0.5, 0.6) is 0 Å². The molecule has 238 valence electrons. The minimum Gasteiger partial charge on any atom is -0.480 e. The van der Waals surface area contributed by atoms with Crippen LogP contribution in [0.15, 0.2) is 88.7 Å². The van der Waals surface area contributed by atoms with Gasteiger partial charge in [0.2, 0.25) is 26.0 Å². The normalized spacial score (nSPS) is 13.5. The number of aryl methyl sites for hydroxylation is 2. The van der Waals surface area contributed by atoms with Gasteiger partial charge in [0.1, 0.15) is 12.1 Å². The van der Waals surface area contributed by atoms with Gasteiger partial charge in [-0.3, -0.25) is 9.59 Å². The standard InChI is InChI=1S/C32H41N3O7S2/c1-23(2)22-35(44(41,42)28-19-15-25(4)16-20-28)29(32(37)38)12-8-9-21-33-31(36)30(26-10-6-5-7-11-26)34-43(39,40)27-17-13-24(3)14-18-27/h5-7,10-11,13-20,23,29-30,34H,8-9,12,21-22H2,1-4H3,(H,33,36)(H,37,38)/t29-,30-/m0/s1. The molecular weight excluding hydrogens is 603 g/mol. The van der Waals surface area contributed by atoms with E-state index in [-0.39, 0.29) is 35.2 Å². The van der Waals surface area contributed by atoms with Crippen LogP contribution in [0.25, 0.3) is 0 Å². The van der Waals surface area contributed by atoms with Crippen molar-refractivity contribution < 1.29 is 31.5 Å². The molecule has 3 N–H and O–H groups in total. The molecule has 0 aliphatic carbocycles. The Morgan fingerprint density at radius 3 is 1.86 bits per heavy atom. The minimum atomic E-state index is -4.08. The van der Waals surface area contributed by atoms with Gasteiger partial charge in [0.15, 0.2) is 0 Å². The Morgan fingerprint density at radius 2 is 1.34 bits per heavy atom. The lowest BCUT2D eigenvalue weighted by Crippen LogP contribution is -2.46. The Kier molecular flexibility index (Phi) is 12.2. The van der Waals surface area contributed by atoms with Gasteiger partial charge in [-0.05, 0) is 68.9 Å². The molecule has 10 nitrogen and oxygen atoms in total. The number of carbonyl (C=O) groups excluding carboxylic acids is 1. The minimum absolute atomic E-state index is 0.0299. The van der Waals surface area contributed by atoms with Crippen molar-refractivity contribution in [1.29, 1.82) is 0 Å². The summed E-state index contributed by atoms with van der Waals surface area (Å²) in [6.45, 7) is 7.49. The van der Waals surface area contributed by atoms with E-state index < -0.39 is 44.0 Å². The van der Waals surface area contributed by atoms with Crippen LogP contribution < -0.4 is 10.0 Å². The number of sulfonamides is 2. The van der Waals surface area contributed by atoms with Gasteiger partial charge in [-0.1, -0.05) is 79.6 Å². The first kappa shape index (κ1) is 34.9. The first-order valence-electron chi connectivity index (χ1n) is 14.5. The van der Waals surface area contributed by atoms with Gasteiger partial charge in [0.05, 0.1) is 9.79 Å². The zero-order valence-corrected chi connectivity index (χ0v) is 27.1. The van der Waals surface area contributed by atoms with Crippen molar-refractivity contribution in [2.75, 3.05) is 13.1 Å². The van der Waals surface area contributed by atoms with Gasteiger partial charge >= 0.3 is 5.97 Å². The molecule has 0 fully saturated rings. The summed E-state index contributed by atoms with van der Waals surface area (Å²) >= 11 is 0. The Labute approximate surface area is 260 Å². The maximum Gasteiger partial charge on any atom is 0.322 e. The van der Waals surface area contributed by atoms with E-state index in [1.807, 2.05) is 27.7 Å². The smallest absolute Gasteiger partial charge is 0.322 e. The highest BCUT2D eigenvalue weighted by Crippen LogP contribution is 2.24. The molecule has 0 bridgehead atoms. The highest BCUT2D eigenvalue weighted by Gasteiger charge is 2.36. The number of unbranched alkanes of at least 4 members (excludes halogenated alkanes) is 1. The average molecular weight is 644 g/mol. The van der Waals surface area contributed by atoms with Gasteiger partial charge in [0.25, 0.3) is 0 Å². The van der Waals surface area contributed by atoms with Crippen molar-refractivity contribution >= 4 is 31.9 Å². The topological polar surface area (TPSA) is 150 Å². The zero-order chi connectivity index (χ0) is 32.5. The average Bonchev–Trinajstić information content (AvgIpc) is 2.97. The van der Waals surface area contributed by atoms with E-state index in [2.05, 4.69) is 10.0 Å². The number of carboxylic acid groups (broad SMARTS) is 1. The molecule has 0 saturated heterocycles. The quantitative estimate of drug-likeness (QED) is 0.196. The van der Waals surface area contributed by atoms with Crippen LogP contribution >= 0.6 is 0 Å². The summed E-state index contributed by atoms with van der Waals surface area (Å²) in [5, 5.41) is 12.8. The van der Waals surface area contributed by atoms with Gasteiger partial charge < -0.3 is 10.4 Å². The number of benzene rings is 3. The number of amides is 1. The monoisotopic (exact) mass is 643 g/mol. The molecule has 0 aromatic heterocycles. The number of nitrogens with one attached hydrogen (secondary N) is 2. The maximum absolute atomic E-state index is 13.5. The van der Waals surface area contributed by atoms with Gasteiger partial charge in [-0.2, -0.15) is 9.03 Å². The van der Waals surface area contributed by atoms with Crippen molar-refractivity contribution in [2.45, 2.75) is 68.8 Å². The second kappa shape index (κ2) is 15.4. The summed E-state index contributed by atoms with van der Waals surface area (Å²) in [5.41, 5.74) is 2.23. The Balaban J connectivity index is 1.68. The van der Waals surface area contributed by atoms with Crippen molar-refractivity contribution in [1.82, 2.24) is 14.3 Å². The molecule has 0 saturated carbocycles. The molecule has 3 aromatic rings. The van der Waals surface area contributed by atoms with Crippen molar-refractivity contribution in [3.8, 4) is 0 Å². The summed E-state index contributed by atoms with van der Waals surface area (Å²) in [6, 6.07) is 18.5. The predicted octanol–water partition coefficient (Wildman–Crippen LogP) is 4.41. The molecule has 0 radical (unpaired) electrons. The lowest BCUT2D eigenvalue weighted by Gasteiger charge is -2.29. The molecule has 44 heavy (non-hydrogen) atoms. The van der Waals surface area contributed by atoms with E-state index in [0.29, 0.717) is 18.4 Å². The highest BCUT2D eigenvalue weighted by atomic mass is 32.2. The Hall–Kier alpha value is -3.58. The summed E-state index contributed by atoms with van der Waals surface area (Å²) < 4.78 is 56.7. The number of hydrogen-bond donors (Lipinski definition) is 3. The Bertz CT molecular complexity index is 1610. The van der Waals surface area contributed by atoms with E-state index in [9.17, 15) is 31.5 Å². The van der Waals surface area contributed by atoms with Crippen LogP contribution in [0, 0.1) is 19.8 Å². The molecule has 0 spiro atoms. The zero-order valence-electron chi connectivity index (χ0n) is 25.4. The van der Waals surface area contributed by atoms with Crippen molar-refractivity contribution in [2.24, 2.45) is 5.92 Å². The third-order valence-corrected chi connectivity index (χ3v) is 10.3. The number of hydrogen-bond acceptors (Lipinski definition) is 6. The van der Waals surface area contributed by atoms with Crippen LogP contribution in [0.1, 0.15) is 55.8 Å². The van der Waals surface area contributed by atoms with Crippen LogP contribution in [-0.2, 0) is 29.6 Å². The fourth-order valence-electron chi connectivity index (χ4n) is 4.62. The molecule has 0 heterocycles. The lowest BCUT2D eigenvalue weighted by molar-refractivity contribution is -0.142. The predicted molar refractivity (Wildman–Crippen MR) is 169 cm³/mol. The fourth-order valence-corrected chi connectivity index (χ4v) is 7.58. The molecule has 0 aliphatic rings. The van der Waals surface area contributed by atoms with Crippen LogP contribution in [0.2, 0.25) is 0 Å². The van der Waals surface area contributed by atoms with E-state index >= 15 is 0 Å². The van der Waals surface area contributed by atoms with E-state index in [1.165, 1.54) is 24.3 Å². The third-order valence-electron chi connectivity index (χ3n) is 7.01. The first-order chi connectivity index (χ1) is 20.7. The largest absolute Gasteiger partial charge is 0.480 e. The first-order valence-corrected chi connectivity index (χ1v) is 17.4. The van der Waals surface area contributed by atoms with E-state index in [1.54, 1.807) is 54.6 Å². The highest BCUT2D eigenvalue weighted by molar-refractivity contribution is 7.89. The molecule has 0 unspecified atom stereocenters. The number of nitrogens with zero attached hydrogens (tertiary/aromatic N) is 1. The molecule has 12 heteroatoms. The van der Waals surface area contributed by atoms with Gasteiger partial charge in [-0.25, -0.2) is 16.8 Å². The van der Waals surface area contributed by atoms with E-state index in [0.717, 1.165) is 15.4 Å². The van der Waals surface area contributed by atoms with Crippen LogP contribution in [0.4, 0.5) is 0 Å². The SMILES string of the molecule is Cc1ccc(S(=O)(=O)N[C@H](C(=O)NCCCC[C@@H](C(=O)O)N(CC(C)C)S(=O)(=O)c2ccc(C)cc2)c2ccccc2)cc1. The van der Waals surface area contributed by atoms with Crippen LogP contribution in [0.3, 0.4) is 0 Å². The molecule has 2 atom stereocenters. The molecule has 3 rings (SSSR count). The molecule has 0 aliphatic heterocycles. The van der Waals surface area contributed by atoms with Gasteiger partial charge in [0, 0.05) is 13.1 Å². The van der Waals surface area contributed by atoms with Crippen molar-refractivity contribution in [3.63, 3.8) is 0 Å². The van der Waals surface area contributed by atoms with Gasteiger partial charge in [-0.15, -0.1) is 0 Å². The molecular formula is C32H41N3O7S2. The van der Waals surface area contributed by atoms with E-state index in [4.69, 9.17) is 0 Å². The van der Waals surface area contributed by atoms with Crippen LogP contribution in [-0.4, -0.2) is 57.3 Å². The second-order valence-corrected chi connectivity index (χ2v) is 14.8. The fraction of sp³-hybridized carbons (Fsp3) is 0.375. The molecule has 3 aromatic carbocycles. The summed E-state index contributed by atoms with van der Waals surface area (Å²) in [4.78, 5) is 25.6. The number of carbonyl (C=O) groups is 2. The number of aliphatic carboxylic acids is 1. The Morgan fingerprint density at radius 1 is 0.795 bits per heavy atom. The summed E-state index contributed by atoms with van der Waals surface area (Å²) in [5.74, 6) is -1.93. The molecule has 1 amide bonds. The third kappa shape index (κ3) is 9.46. The summed E-state index contributed by atoms with van der Waals surface area (Å²) in [6.07, 6.45) is 0.688. The second-order valence-electron chi connectivity index (χ2n) is 11.2. The number of rotatable bonds is 16. The number of carboxylic acids is 1. The maximum atomic E-state index is 13.5. The summed E-state index contributed by atoms with van der Waals surface area (Å²) in [7, 11) is -8.10. The lowest BCUT2D eigenvalue weighted by atomic mass is 10.1. The van der Waals surface area contributed by atoms with Crippen molar-refractivity contribution in [3.05, 3.63) is 95.6 Å².